The highest BCUT2D eigenvalue weighted by atomic mass is 32.1. The zero-order valence-corrected chi connectivity index (χ0v) is 14.1. The van der Waals surface area contributed by atoms with Crippen LogP contribution in [0.1, 0.15) is 31.2 Å². The van der Waals surface area contributed by atoms with Gasteiger partial charge in [-0.3, -0.25) is 0 Å². The predicted octanol–water partition coefficient (Wildman–Crippen LogP) is 2.06. The summed E-state index contributed by atoms with van der Waals surface area (Å²) in [4.78, 5) is 15.1. The van der Waals surface area contributed by atoms with Crippen LogP contribution in [0.25, 0.3) is 0 Å². The molecule has 2 atom stereocenters. The van der Waals surface area contributed by atoms with Gasteiger partial charge in [0.25, 0.3) is 0 Å². The van der Waals surface area contributed by atoms with Crippen molar-refractivity contribution in [3.05, 3.63) is 22.4 Å². The number of hydrogen-bond acceptors (Lipinski definition) is 4. The van der Waals surface area contributed by atoms with Gasteiger partial charge in [-0.25, -0.2) is 4.79 Å². The van der Waals surface area contributed by atoms with E-state index in [1.165, 1.54) is 4.88 Å². The van der Waals surface area contributed by atoms with Crippen molar-refractivity contribution in [2.45, 2.75) is 32.4 Å². The number of aliphatic hydroxyl groups is 1. The Morgan fingerprint density at radius 2 is 2.10 bits per heavy atom. The van der Waals surface area contributed by atoms with Gasteiger partial charge in [0.2, 0.25) is 0 Å². The Hall–Kier alpha value is -1.11. The molecule has 0 aromatic carbocycles. The van der Waals surface area contributed by atoms with E-state index in [0.717, 1.165) is 0 Å². The van der Waals surface area contributed by atoms with Gasteiger partial charge in [0.05, 0.1) is 12.1 Å². The van der Waals surface area contributed by atoms with Gasteiger partial charge in [0.1, 0.15) is 0 Å². The molecule has 0 aliphatic heterocycles. The van der Waals surface area contributed by atoms with Crippen molar-refractivity contribution in [3.8, 4) is 0 Å². The lowest BCUT2D eigenvalue weighted by Gasteiger charge is -2.23. The summed E-state index contributed by atoms with van der Waals surface area (Å²) in [6.07, 6.45) is 0.207. The number of hydrogen-bond donors (Lipinski definition) is 3. The first-order chi connectivity index (χ1) is 9.91. The third-order valence-corrected chi connectivity index (χ3v) is 4.42. The molecule has 1 aromatic heterocycles. The number of rotatable bonds is 8. The van der Waals surface area contributed by atoms with Crippen molar-refractivity contribution in [1.82, 2.24) is 15.5 Å². The van der Waals surface area contributed by atoms with Crippen LogP contribution < -0.4 is 10.6 Å². The van der Waals surface area contributed by atoms with Crippen molar-refractivity contribution in [2.75, 3.05) is 27.2 Å². The minimum absolute atomic E-state index is 0.178. The highest BCUT2D eigenvalue weighted by Gasteiger charge is 2.16. The number of nitrogens with zero attached hydrogens (tertiary/aromatic N) is 1. The number of carbonyl (C=O) groups is 1. The van der Waals surface area contributed by atoms with Gasteiger partial charge >= 0.3 is 6.03 Å². The maximum Gasteiger partial charge on any atom is 0.314 e. The highest BCUT2D eigenvalue weighted by molar-refractivity contribution is 7.10. The molecule has 120 valence electrons. The van der Waals surface area contributed by atoms with E-state index in [1.54, 1.807) is 11.3 Å². The molecule has 5 nitrogen and oxygen atoms in total. The average Bonchev–Trinajstić information content (AvgIpc) is 2.92. The van der Waals surface area contributed by atoms with Crippen molar-refractivity contribution < 1.29 is 9.90 Å². The Bertz CT molecular complexity index is 407. The minimum Gasteiger partial charge on any atom is -0.393 e. The third kappa shape index (κ3) is 6.46. The van der Waals surface area contributed by atoms with E-state index in [-0.39, 0.29) is 24.1 Å². The van der Waals surface area contributed by atoms with Gasteiger partial charge in [0, 0.05) is 18.0 Å². The first kappa shape index (κ1) is 17.9. The third-order valence-electron chi connectivity index (χ3n) is 3.45. The zero-order valence-electron chi connectivity index (χ0n) is 13.3. The van der Waals surface area contributed by atoms with Gasteiger partial charge < -0.3 is 20.6 Å². The number of thiophene rings is 1. The first-order valence-corrected chi connectivity index (χ1v) is 8.19. The summed E-state index contributed by atoms with van der Waals surface area (Å²) < 4.78 is 0. The quantitative estimate of drug-likeness (QED) is 0.688. The fraction of sp³-hybridized carbons (Fsp3) is 0.667. The number of nitrogens with one attached hydrogen (secondary N) is 2. The van der Waals surface area contributed by atoms with Gasteiger partial charge in [-0.1, -0.05) is 19.9 Å². The summed E-state index contributed by atoms with van der Waals surface area (Å²) >= 11 is 1.69. The largest absolute Gasteiger partial charge is 0.393 e. The molecule has 0 radical (unpaired) electrons. The van der Waals surface area contributed by atoms with Crippen LogP contribution in [-0.4, -0.2) is 49.3 Å². The van der Waals surface area contributed by atoms with Crippen molar-refractivity contribution in [2.24, 2.45) is 5.92 Å². The molecule has 0 fully saturated rings. The molecule has 21 heavy (non-hydrogen) atoms. The van der Waals surface area contributed by atoms with Crippen LogP contribution in [-0.2, 0) is 0 Å². The maximum atomic E-state index is 11.8. The van der Waals surface area contributed by atoms with Gasteiger partial charge in [-0.2, -0.15) is 0 Å². The van der Waals surface area contributed by atoms with Crippen molar-refractivity contribution >= 4 is 17.4 Å². The molecule has 1 rings (SSSR count). The summed E-state index contributed by atoms with van der Waals surface area (Å²) in [6, 6.07) is 4.09. The second-order valence-electron chi connectivity index (χ2n) is 5.73. The number of aliphatic hydroxyl groups excluding tert-OH is 1. The Morgan fingerprint density at radius 3 is 2.62 bits per heavy atom. The highest BCUT2D eigenvalue weighted by Crippen LogP contribution is 2.22. The molecule has 0 bridgehead atoms. The van der Waals surface area contributed by atoms with E-state index in [1.807, 2.05) is 39.4 Å². The fourth-order valence-corrected chi connectivity index (χ4v) is 2.86. The van der Waals surface area contributed by atoms with E-state index >= 15 is 0 Å². The standard InChI is InChI=1S/C15H27N3O2S/c1-11(2)13(19)7-8-16-15(20)17-10-12(18(3)4)14-6-5-9-21-14/h5-6,9,11-13,19H,7-8,10H2,1-4H3,(H2,16,17,20). The second-order valence-corrected chi connectivity index (χ2v) is 6.71. The summed E-state index contributed by atoms with van der Waals surface area (Å²) in [7, 11) is 4.01. The fourth-order valence-electron chi connectivity index (χ4n) is 1.94. The molecular formula is C15H27N3O2S. The molecule has 0 aliphatic rings. The first-order valence-electron chi connectivity index (χ1n) is 7.31. The number of urea groups is 1. The van der Waals surface area contributed by atoms with Gasteiger partial charge in [-0.05, 0) is 37.9 Å². The van der Waals surface area contributed by atoms with Crippen LogP contribution in [0.5, 0.6) is 0 Å². The zero-order chi connectivity index (χ0) is 15.8. The van der Waals surface area contributed by atoms with E-state index in [0.29, 0.717) is 19.5 Å². The summed E-state index contributed by atoms with van der Waals surface area (Å²) in [5.41, 5.74) is 0. The lowest BCUT2D eigenvalue weighted by Crippen LogP contribution is -2.41. The molecule has 0 aliphatic carbocycles. The molecule has 6 heteroatoms. The molecule has 2 unspecified atom stereocenters. The van der Waals surface area contributed by atoms with E-state index < -0.39 is 0 Å². The SMILES string of the molecule is CC(C)C(O)CCNC(=O)NCC(c1cccs1)N(C)C. The predicted molar refractivity (Wildman–Crippen MR) is 87.6 cm³/mol. The molecule has 1 aromatic rings. The van der Waals surface area contributed by atoms with Crippen molar-refractivity contribution in [3.63, 3.8) is 0 Å². The number of likely N-dealkylation sites (N-methyl/N-ethyl adjacent to an activating group) is 1. The molecular weight excluding hydrogens is 286 g/mol. The average molecular weight is 313 g/mol. The Labute approximate surface area is 131 Å². The molecule has 2 amide bonds. The second kappa shape index (κ2) is 9.02. The molecule has 0 saturated carbocycles. The smallest absolute Gasteiger partial charge is 0.314 e. The molecule has 0 spiro atoms. The van der Waals surface area contributed by atoms with Crippen LogP contribution in [0.3, 0.4) is 0 Å². The van der Waals surface area contributed by atoms with E-state index in [9.17, 15) is 9.90 Å². The molecule has 0 saturated heterocycles. The Morgan fingerprint density at radius 1 is 1.38 bits per heavy atom. The van der Waals surface area contributed by atoms with Crippen molar-refractivity contribution in [1.29, 1.82) is 0 Å². The summed E-state index contributed by atoms with van der Waals surface area (Å²) in [5, 5.41) is 17.4. The number of amides is 2. The van der Waals surface area contributed by atoms with Crippen LogP contribution >= 0.6 is 11.3 Å². The Balaban J connectivity index is 2.31. The Kier molecular flexibility index (Phi) is 7.71. The van der Waals surface area contributed by atoms with Crippen LogP contribution in [0.15, 0.2) is 17.5 Å². The minimum atomic E-state index is -0.369. The van der Waals surface area contributed by atoms with Crippen LogP contribution in [0.2, 0.25) is 0 Å². The monoisotopic (exact) mass is 313 g/mol. The number of carbonyl (C=O) groups excluding carboxylic acids is 1. The normalized spacial score (nSPS) is 14.2. The summed E-state index contributed by atoms with van der Waals surface area (Å²) in [5.74, 6) is 0.215. The summed E-state index contributed by atoms with van der Waals surface area (Å²) in [6.45, 7) is 4.98. The lowest BCUT2D eigenvalue weighted by atomic mass is 10.0. The maximum absolute atomic E-state index is 11.8. The van der Waals surface area contributed by atoms with Crippen LogP contribution in [0, 0.1) is 5.92 Å². The van der Waals surface area contributed by atoms with Crippen LogP contribution in [0.4, 0.5) is 4.79 Å². The van der Waals surface area contributed by atoms with Gasteiger partial charge in [0.15, 0.2) is 0 Å². The molecule has 1 heterocycles. The topological polar surface area (TPSA) is 64.6 Å². The van der Waals surface area contributed by atoms with E-state index in [4.69, 9.17) is 0 Å². The van der Waals surface area contributed by atoms with E-state index in [2.05, 4.69) is 21.6 Å². The molecule has 3 N–H and O–H groups in total. The van der Waals surface area contributed by atoms with Gasteiger partial charge in [-0.15, -0.1) is 11.3 Å². The lowest BCUT2D eigenvalue weighted by molar-refractivity contribution is 0.116.